The minimum absolute atomic E-state index is 0.0900. The first-order valence-electron chi connectivity index (χ1n) is 11.5. The van der Waals surface area contributed by atoms with Gasteiger partial charge in [-0.25, -0.2) is 4.39 Å². The van der Waals surface area contributed by atoms with Crippen LogP contribution in [0.25, 0.3) is 22.3 Å². The van der Waals surface area contributed by atoms with Gasteiger partial charge in [-0.05, 0) is 49.2 Å². The number of amides is 1. The Hall–Kier alpha value is -3.15. The Labute approximate surface area is 194 Å². The third-order valence-electron chi connectivity index (χ3n) is 5.50. The molecule has 0 fully saturated rings. The van der Waals surface area contributed by atoms with Crippen molar-refractivity contribution in [1.82, 2.24) is 0 Å². The van der Waals surface area contributed by atoms with Gasteiger partial charge in [0.25, 0.3) is 0 Å². The lowest BCUT2D eigenvalue weighted by molar-refractivity contribution is -0.123. The van der Waals surface area contributed by atoms with Crippen LogP contribution in [-0.2, 0) is 4.79 Å². The second kappa shape index (κ2) is 10.2. The van der Waals surface area contributed by atoms with Gasteiger partial charge in [0.2, 0.25) is 5.91 Å². The third kappa shape index (κ3) is 6.01. The van der Waals surface area contributed by atoms with E-state index in [1.807, 2.05) is 19.1 Å². The van der Waals surface area contributed by atoms with Crippen molar-refractivity contribution < 1.29 is 13.6 Å². The van der Waals surface area contributed by atoms with Crippen LogP contribution in [0.1, 0.15) is 58.9 Å². The smallest absolute Gasteiger partial charge is 0.229 e. The highest BCUT2D eigenvalue weighted by Crippen LogP contribution is 2.30. The fourth-order valence-electron chi connectivity index (χ4n) is 3.56. The lowest BCUT2D eigenvalue weighted by atomic mass is 9.95. The summed E-state index contributed by atoms with van der Waals surface area (Å²) in [5.41, 5.74) is 1.86. The molecule has 3 aromatic rings. The lowest BCUT2D eigenvalue weighted by Gasteiger charge is -2.18. The molecule has 2 N–H and O–H groups in total. The maximum Gasteiger partial charge on any atom is 0.229 e. The van der Waals surface area contributed by atoms with Crippen LogP contribution >= 0.6 is 0 Å². The zero-order valence-electron chi connectivity index (χ0n) is 20.1. The Morgan fingerprint density at radius 1 is 1.03 bits per heavy atom. The van der Waals surface area contributed by atoms with E-state index >= 15 is 0 Å². The van der Waals surface area contributed by atoms with Crippen molar-refractivity contribution >= 4 is 28.3 Å². The molecule has 1 heterocycles. The molecule has 0 radical (unpaired) electrons. The van der Waals surface area contributed by atoms with E-state index in [1.54, 1.807) is 26.8 Å². The topological polar surface area (TPSA) is 71.3 Å². The molecule has 0 saturated heterocycles. The maximum atomic E-state index is 14.7. The SMILES string of the molecule is CCCCCCNc1cc(C)cc2oc(-c3ccc(NC(=O)C(C)(C)C)c(F)c3)cc(=O)c12. The van der Waals surface area contributed by atoms with Crippen LogP contribution < -0.4 is 16.1 Å². The van der Waals surface area contributed by atoms with Crippen molar-refractivity contribution in [3.05, 3.63) is 58.0 Å². The first kappa shape index (κ1) is 24.5. The predicted molar refractivity (Wildman–Crippen MR) is 133 cm³/mol. The molecule has 3 rings (SSSR count). The molecule has 0 unspecified atom stereocenters. The molecule has 176 valence electrons. The van der Waals surface area contributed by atoms with Crippen molar-refractivity contribution in [3.63, 3.8) is 0 Å². The van der Waals surface area contributed by atoms with Crippen LogP contribution in [0.5, 0.6) is 0 Å². The van der Waals surface area contributed by atoms with Crippen LogP contribution in [0, 0.1) is 18.2 Å². The maximum absolute atomic E-state index is 14.7. The zero-order valence-corrected chi connectivity index (χ0v) is 20.1. The molecule has 0 spiro atoms. The summed E-state index contributed by atoms with van der Waals surface area (Å²) in [5, 5.41) is 6.47. The van der Waals surface area contributed by atoms with Gasteiger partial charge in [-0.2, -0.15) is 0 Å². The molecular weight excluding hydrogens is 419 g/mol. The summed E-state index contributed by atoms with van der Waals surface area (Å²) in [6, 6.07) is 9.54. The minimum Gasteiger partial charge on any atom is -0.456 e. The number of unbranched alkanes of at least 4 members (excludes halogenated alkanes) is 3. The molecule has 33 heavy (non-hydrogen) atoms. The summed E-state index contributed by atoms with van der Waals surface area (Å²) in [6.45, 7) is 10.2. The molecule has 0 saturated carbocycles. The third-order valence-corrected chi connectivity index (χ3v) is 5.50. The summed E-state index contributed by atoms with van der Waals surface area (Å²) < 4.78 is 20.7. The van der Waals surface area contributed by atoms with Gasteiger partial charge >= 0.3 is 0 Å². The second-order valence-corrected chi connectivity index (χ2v) is 9.55. The first-order valence-corrected chi connectivity index (χ1v) is 11.5. The number of carbonyl (C=O) groups excluding carboxylic acids is 1. The number of fused-ring (bicyclic) bond motifs is 1. The van der Waals surface area contributed by atoms with E-state index in [-0.39, 0.29) is 22.8 Å². The van der Waals surface area contributed by atoms with Crippen LogP contribution in [-0.4, -0.2) is 12.5 Å². The summed E-state index contributed by atoms with van der Waals surface area (Å²) in [7, 11) is 0. The number of nitrogens with one attached hydrogen (secondary N) is 2. The number of hydrogen-bond acceptors (Lipinski definition) is 4. The molecule has 2 aromatic carbocycles. The number of aryl methyl sites for hydroxylation is 1. The minimum atomic E-state index is -0.643. The van der Waals surface area contributed by atoms with Crippen molar-refractivity contribution in [3.8, 4) is 11.3 Å². The van der Waals surface area contributed by atoms with Gasteiger partial charge in [0, 0.05) is 29.3 Å². The van der Waals surface area contributed by atoms with Crippen LogP contribution in [0.2, 0.25) is 0 Å². The highest BCUT2D eigenvalue weighted by atomic mass is 19.1. The Balaban J connectivity index is 1.91. The Morgan fingerprint density at radius 3 is 2.45 bits per heavy atom. The molecule has 1 amide bonds. The molecular formula is C27H33FN2O3. The van der Waals surface area contributed by atoms with Gasteiger partial charge in [-0.15, -0.1) is 0 Å². The van der Waals surface area contributed by atoms with Gasteiger partial charge in [-0.1, -0.05) is 47.0 Å². The predicted octanol–water partition coefficient (Wildman–Crippen LogP) is 6.88. The lowest BCUT2D eigenvalue weighted by Crippen LogP contribution is -2.28. The number of benzene rings is 2. The zero-order chi connectivity index (χ0) is 24.2. The highest BCUT2D eigenvalue weighted by Gasteiger charge is 2.22. The van der Waals surface area contributed by atoms with Gasteiger partial charge in [0.05, 0.1) is 11.1 Å². The van der Waals surface area contributed by atoms with Crippen LogP contribution in [0.4, 0.5) is 15.8 Å². The van der Waals surface area contributed by atoms with Crippen molar-refractivity contribution in [1.29, 1.82) is 0 Å². The molecule has 0 aliphatic carbocycles. The Morgan fingerprint density at radius 2 is 1.79 bits per heavy atom. The average molecular weight is 453 g/mol. The van der Waals surface area contributed by atoms with E-state index in [2.05, 4.69) is 17.6 Å². The molecule has 0 bridgehead atoms. The van der Waals surface area contributed by atoms with Crippen LogP contribution in [0.15, 0.2) is 45.6 Å². The van der Waals surface area contributed by atoms with Gasteiger partial charge < -0.3 is 15.1 Å². The monoisotopic (exact) mass is 452 g/mol. The molecule has 6 heteroatoms. The number of hydrogen-bond donors (Lipinski definition) is 2. The molecule has 0 aliphatic heterocycles. The fraction of sp³-hybridized carbons (Fsp3) is 0.407. The number of carbonyl (C=O) groups is 1. The molecule has 1 aromatic heterocycles. The van der Waals surface area contributed by atoms with Crippen molar-refractivity contribution in [2.75, 3.05) is 17.2 Å². The number of rotatable bonds is 8. The van der Waals surface area contributed by atoms with Gasteiger partial charge in [0.1, 0.15) is 17.2 Å². The number of halogens is 1. The van der Waals surface area contributed by atoms with E-state index in [1.165, 1.54) is 31.0 Å². The summed E-state index contributed by atoms with van der Waals surface area (Å²) >= 11 is 0. The Bertz CT molecular complexity index is 1210. The first-order chi connectivity index (χ1) is 15.6. The largest absolute Gasteiger partial charge is 0.456 e. The summed E-state index contributed by atoms with van der Waals surface area (Å²) in [6.07, 6.45) is 4.54. The van der Waals surface area contributed by atoms with E-state index in [4.69, 9.17) is 4.42 Å². The van der Waals surface area contributed by atoms with E-state index < -0.39 is 11.2 Å². The summed E-state index contributed by atoms with van der Waals surface area (Å²) in [4.78, 5) is 25.2. The average Bonchev–Trinajstić information content (AvgIpc) is 2.73. The van der Waals surface area contributed by atoms with Crippen molar-refractivity contribution in [2.24, 2.45) is 5.41 Å². The normalized spacial score (nSPS) is 11.6. The molecule has 5 nitrogen and oxygen atoms in total. The quantitative estimate of drug-likeness (QED) is 0.365. The van der Waals surface area contributed by atoms with Gasteiger partial charge in [0.15, 0.2) is 5.43 Å². The fourth-order valence-corrected chi connectivity index (χ4v) is 3.56. The molecule has 0 atom stereocenters. The highest BCUT2D eigenvalue weighted by molar-refractivity contribution is 5.95. The summed E-state index contributed by atoms with van der Waals surface area (Å²) in [5.74, 6) is -0.595. The second-order valence-electron chi connectivity index (χ2n) is 9.55. The van der Waals surface area contributed by atoms with Crippen LogP contribution in [0.3, 0.4) is 0 Å². The van der Waals surface area contributed by atoms with Crippen molar-refractivity contribution in [2.45, 2.75) is 60.3 Å². The van der Waals surface area contributed by atoms with Gasteiger partial charge in [-0.3, -0.25) is 9.59 Å². The Kier molecular flexibility index (Phi) is 7.57. The number of anilines is 2. The standard InChI is InChI=1S/C27H33FN2O3/c1-6-7-8-9-12-29-21-13-17(2)14-24-25(21)22(31)16-23(33-24)18-10-11-20(19(28)15-18)30-26(32)27(3,4)5/h10-11,13-16,29H,6-9,12H2,1-5H3,(H,30,32). The van der Waals surface area contributed by atoms with E-state index in [0.717, 1.165) is 30.6 Å². The van der Waals surface area contributed by atoms with E-state index in [9.17, 15) is 14.0 Å². The molecule has 0 aliphatic rings. The van der Waals surface area contributed by atoms with E-state index in [0.29, 0.717) is 16.5 Å².